The minimum absolute atomic E-state index is 0.0457. The number of nitrogens with zero attached hydrogens (tertiary/aromatic N) is 4. The van der Waals surface area contributed by atoms with Crippen LogP contribution in [-0.4, -0.2) is 39.0 Å². The monoisotopic (exact) mass is 258 g/mol. The Balaban J connectivity index is 1.85. The Morgan fingerprint density at radius 3 is 2.47 bits per heavy atom. The van der Waals surface area contributed by atoms with Crippen molar-refractivity contribution in [2.75, 3.05) is 13.1 Å². The number of likely N-dealkylation sites (tertiary alicyclic amines) is 1. The van der Waals surface area contributed by atoms with Gasteiger partial charge in [0.25, 0.3) is 0 Å². The predicted octanol–water partition coefficient (Wildman–Crippen LogP) is 2.67. The Hall–Kier alpha value is -1.91. The Labute approximate surface area is 112 Å². The first kappa shape index (κ1) is 12.1. The van der Waals surface area contributed by atoms with Crippen molar-refractivity contribution in [1.82, 2.24) is 19.9 Å². The van der Waals surface area contributed by atoms with Crippen LogP contribution in [0, 0.1) is 0 Å². The average Bonchev–Trinajstić information content (AvgIpc) is 2.81. The zero-order valence-electron chi connectivity index (χ0n) is 11.0. The molecule has 5 nitrogen and oxygen atoms in total. The van der Waals surface area contributed by atoms with Crippen molar-refractivity contribution in [3.05, 3.63) is 24.3 Å². The minimum Gasteiger partial charge on any atom is -0.323 e. The molecule has 2 heterocycles. The summed E-state index contributed by atoms with van der Waals surface area (Å²) in [6.45, 7) is 1.65. The van der Waals surface area contributed by atoms with Crippen molar-refractivity contribution in [2.45, 2.75) is 32.1 Å². The second-order valence-corrected chi connectivity index (χ2v) is 5.03. The number of hydrogen-bond acceptors (Lipinski definition) is 3. The van der Waals surface area contributed by atoms with E-state index in [9.17, 15) is 4.79 Å². The molecule has 0 unspecified atom stereocenters. The predicted molar refractivity (Wildman–Crippen MR) is 73.0 cm³/mol. The van der Waals surface area contributed by atoms with Gasteiger partial charge in [-0.1, -0.05) is 36.6 Å². The molecule has 2 aromatic rings. The molecule has 1 aliphatic heterocycles. The number of carbonyl (C=O) groups excluding carboxylic acids is 1. The van der Waals surface area contributed by atoms with Crippen LogP contribution in [0.15, 0.2) is 24.3 Å². The maximum atomic E-state index is 12.5. The molecule has 3 rings (SSSR count). The lowest BCUT2D eigenvalue weighted by molar-refractivity contribution is 0.191. The van der Waals surface area contributed by atoms with E-state index in [1.165, 1.54) is 23.9 Å². The van der Waals surface area contributed by atoms with Gasteiger partial charge in [0.15, 0.2) is 0 Å². The molecule has 1 aliphatic rings. The Kier molecular flexibility index (Phi) is 3.44. The van der Waals surface area contributed by atoms with Crippen LogP contribution in [0.4, 0.5) is 4.79 Å². The summed E-state index contributed by atoms with van der Waals surface area (Å²) >= 11 is 0. The van der Waals surface area contributed by atoms with Gasteiger partial charge < -0.3 is 4.90 Å². The summed E-state index contributed by atoms with van der Waals surface area (Å²) in [5.74, 6) is 0. The van der Waals surface area contributed by atoms with Gasteiger partial charge in [-0.2, -0.15) is 4.68 Å². The topological polar surface area (TPSA) is 51.0 Å². The van der Waals surface area contributed by atoms with Crippen molar-refractivity contribution >= 4 is 17.1 Å². The summed E-state index contributed by atoms with van der Waals surface area (Å²) in [5.41, 5.74) is 1.55. The van der Waals surface area contributed by atoms with E-state index in [0.717, 1.165) is 37.0 Å². The van der Waals surface area contributed by atoms with Crippen LogP contribution in [0.2, 0.25) is 0 Å². The number of rotatable bonds is 0. The van der Waals surface area contributed by atoms with E-state index in [4.69, 9.17) is 0 Å². The van der Waals surface area contributed by atoms with Gasteiger partial charge in [0.05, 0.1) is 5.52 Å². The molecule has 0 bridgehead atoms. The third-order valence-corrected chi connectivity index (χ3v) is 3.66. The van der Waals surface area contributed by atoms with Crippen molar-refractivity contribution in [3.63, 3.8) is 0 Å². The molecule has 0 radical (unpaired) electrons. The number of benzene rings is 1. The molecule has 0 atom stereocenters. The fraction of sp³-hybridized carbons (Fsp3) is 0.500. The van der Waals surface area contributed by atoms with Gasteiger partial charge in [0, 0.05) is 13.1 Å². The number of carbonyl (C=O) groups is 1. The summed E-state index contributed by atoms with van der Waals surface area (Å²) in [6, 6.07) is 7.53. The molecule has 1 amide bonds. The number of fused-ring (bicyclic) bond motifs is 1. The van der Waals surface area contributed by atoms with Crippen LogP contribution in [0.25, 0.3) is 11.0 Å². The van der Waals surface area contributed by atoms with Gasteiger partial charge in [0.1, 0.15) is 5.52 Å². The third-order valence-electron chi connectivity index (χ3n) is 3.66. The quantitative estimate of drug-likeness (QED) is 0.730. The molecule has 0 aliphatic carbocycles. The minimum atomic E-state index is -0.0457. The number of para-hydroxylation sites is 1. The molecule has 100 valence electrons. The van der Waals surface area contributed by atoms with Crippen LogP contribution in [-0.2, 0) is 0 Å². The van der Waals surface area contributed by atoms with E-state index < -0.39 is 0 Å². The van der Waals surface area contributed by atoms with Crippen LogP contribution in [0.3, 0.4) is 0 Å². The summed E-state index contributed by atoms with van der Waals surface area (Å²) < 4.78 is 1.43. The highest BCUT2D eigenvalue weighted by Gasteiger charge is 2.19. The van der Waals surface area contributed by atoms with Gasteiger partial charge in [-0.3, -0.25) is 0 Å². The molecule has 1 aromatic carbocycles. The zero-order chi connectivity index (χ0) is 13.1. The molecular weight excluding hydrogens is 240 g/mol. The fourth-order valence-electron chi connectivity index (χ4n) is 2.58. The highest BCUT2D eigenvalue weighted by atomic mass is 16.2. The Morgan fingerprint density at radius 2 is 1.68 bits per heavy atom. The number of hydrogen-bond donors (Lipinski definition) is 0. The molecule has 0 saturated carbocycles. The fourth-order valence-corrected chi connectivity index (χ4v) is 2.58. The molecule has 0 spiro atoms. The first-order chi connectivity index (χ1) is 9.36. The van der Waals surface area contributed by atoms with E-state index in [-0.39, 0.29) is 6.03 Å². The first-order valence-electron chi connectivity index (χ1n) is 6.96. The van der Waals surface area contributed by atoms with E-state index in [1.807, 2.05) is 29.2 Å². The van der Waals surface area contributed by atoms with Crippen LogP contribution >= 0.6 is 0 Å². The summed E-state index contributed by atoms with van der Waals surface area (Å²) in [5, 5.41) is 8.04. The lowest BCUT2D eigenvalue weighted by Crippen LogP contribution is -2.37. The van der Waals surface area contributed by atoms with Gasteiger partial charge >= 0.3 is 6.03 Å². The van der Waals surface area contributed by atoms with Crippen LogP contribution in [0.5, 0.6) is 0 Å². The Bertz CT molecular complexity index is 570. The highest BCUT2D eigenvalue weighted by Crippen LogP contribution is 2.14. The van der Waals surface area contributed by atoms with E-state index in [2.05, 4.69) is 10.3 Å². The van der Waals surface area contributed by atoms with E-state index in [0.29, 0.717) is 0 Å². The van der Waals surface area contributed by atoms with Crippen molar-refractivity contribution in [2.24, 2.45) is 0 Å². The lowest BCUT2D eigenvalue weighted by Gasteiger charge is -2.24. The summed E-state index contributed by atoms with van der Waals surface area (Å²) in [4.78, 5) is 14.4. The third kappa shape index (κ3) is 2.45. The highest BCUT2D eigenvalue weighted by molar-refractivity contribution is 5.87. The van der Waals surface area contributed by atoms with Crippen molar-refractivity contribution in [3.8, 4) is 0 Å². The normalized spacial score (nSPS) is 17.2. The smallest absolute Gasteiger partial charge is 0.323 e. The second-order valence-electron chi connectivity index (χ2n) is 5.03. The van der Waals surface area contributed by atoms with Gasteiger partial charge in [-0.25, -0.2) is 4.79 Å². The molecule has 1 fully saturated rings. The van der Waals surface area contributed by atoms with Crippen molar-refractivity contribution in [1.29, 1.82) is 0 Å². The largest absolute Gasteiger partial charge is 0.346 e. The van der Waals surface area contributed by atoms with Crippen LogP contribution < -0.4 is 0 Å². The first-order valence-corrected chi connectivity index (χ1v) is 6.96. The zero-order valence-corrected chi connectivity index (χ0v) is 11.0. The molecule has 1 aromatic heterocycles. The maximum absolute atomic E-state index is 12.5. The second kappa shape index (κ2) is 5.38. The average molecular weight is 258 g/mol. The number of amides is 1. The molecule has 1 saturated heterocycles. The Morgan fingerprint density at radius 1 is 1.00 bits per heavy atom. The van der Waals surface area contributed by atoms with E-state index >= 15 is 0 Å². The summed E-state index contributed by atoms with van der Waals surface area (Å²) in [7, 11) is 0. The SMILES string of the molecule is O=C(N1CCCCCCC1)n1nnc2ccccc21. The van der Waals surface area contributed by atoms with Crippen LogP contribution in [0.1, 0.15) is 32.1 Å². The van der Waals surface area contributed by atoms with E-state index in [1.54, 1.807) is 0 Å². The lowest BCUT2D eigenvalue weighted by atomic mass is 10.1. The van der Waals surface area contributed by atoms with Gasteiger partial charge in [0.2, 0.25) is 0 Å². The van der Waals surface area contributed by atoms with Gasteiger partial charge in [-0.15, -0.1) is 5.10 Å². The van der Waals surface area contributed by atoms with Crippen molar-refractivity contribution < 1.29 is 4.79 Å². The maximum Gasteiger partial charge on any atom is 0.346 e. The molecule has 0 N–H and O–H groups in total. The number of aromatic nitrogens is 3. The molecule has 5 heteroatoms. The van der Waals surface area contributed by atoms with Gasteiger partial charge in [-0.05, 0) is 25.0 Å². The standard InChI is InChI=1S/C14H18N4O/c19-14(17-10-6-2-1-3-7-11-17)18-13-9-5-4-8-12(13)15-16-18/h4-5,8-9H,1-3,6-7,10-11H2. The summed E-state index contributed by atoms with van der Waals surface area (Å²) in [6.07, 6.45) is 5.87. The molecular formula is C14H18N4O. The molecule has 19 heavy (non-hydrogen) atoms.